The summed E-state index contributed by atoms with van der Waals surface area (Å²) >= 11 is 0. The first kappa shape index (κ1) is 9.86. The van der Waals surface area contributed by atoms with E-state index in [0.29, 0.717) is 18.9 Å². The molecule has 13 heavy (non-hydrogen) atoms. The summed E-state index contributed by atoms with van der Waals surface area (Å²) in [6.07, 6.45) is 0.958. The summed E-state index contributed by atoms with van der Waals surface area (Å²) in [5.41, 5.74) is 6.14. The largest absolute Gasteiger partial charge is 0.507 e. The Balaban J connectivity index is 2.71. The molecule has 1 rings (SSSR count). The number of ether oxygens (including phenoxy) is 1. The molecule has 0 unspecified atom stereocenters. The van der Waals surface area contributed by atoms with Crippen LogP contribution in [-0.4, -0.2) is 11.7 Å². The second-order valence-electron chi connectivity index (χ2n) is 2.84. The van der Waals surface area contributed by atoms with Gasteiger partial charge in [-0.2, -0.15) is 0 Å². The van der Waals surface area contributed by atoms with Gasteiger partial charge in [0.15, 0.2) is 0 Å². The molecule has 0 amide bonds. The summed E-state index contributed by atoms with van der Waals surface area (Å²) in [5.74, 6) is 0.896. The fourth-order valence-electron chi connectivity index (χ4n) is 1.03. The molecular formula is C10H15NO2. The number of phenols is 1. The molecule has 0 radical (unpaired) electrons. The molecule has 3 N–H and O–H groups in total. The van der Waals surface area contributed by atoms with Gasteiger partial charge in [-0.25, -0.2) is 0 Å². The minimum atomic E-state index is 0.205. The normalized spacial score (nSPS) is 10.0. The van der Waals surface area contributed by atoms with Crippen molar-refractivity contribution >= 4 is 0 Å². The van der Waals surface area contributed by atoms with Crippen molar-refractivity contribution in [1.82, 2.24) is 0 Å². The third-order valence-corrected chi connectivity index (χ3v) is 1.75. The minimum absolute atomic E-state index is 0.205. The number of benzene rings is 1. The van der Waals surface area contributed by atoms with E-state index in [0.717, 1.165) is 12.0 Å². The Morgan fingerprint density at radius 1 is 1.46 bits per heavy atom. The van der Waals surface area contributed by atoms with Crippen LogP contribution < -0.4 is 10.5 Å². The average Bonchev–Trinajstić information content (AvgIpc) is 2.15. The Hall–Kier alpha value is -1.22. The van der Waals surface area contributed by atoms with Gasteiger partial charge in [-0.05, 0) is 12.5 Å². The lowest BCUT2D eigenvalue weighted by atomic mass is 10.2. The molecule has 0 aliphatic heterocycles. The number of rotatable bonds is 4. The lowest BCUT2D eigenvalue weighted by Crippen LogP contribution is -1.98. The Morgan fingerprint density at radius 3 is 2.77 bits per heavy atom. The van der Waals surface area contributed by atoms with Gasteiger partial charge >= 0.3 is 0 Å². The van der Waals surface area contributed by atoms with Crippen molar-refractivity contribution in [1.29, 1.82) is 0 Å². The molecule has 0 saturated carbocycles. The first-order chi connectivity index (χ1) is 6.27. The highest BCUT2D eigenvalue weighted by Crippen LogP contribution is 2.23. The topological polar surface area (TPSA) is 55.5 Å². The monoisotopic (exact) mass is 181 g/mol. The molecule has 0 aliphatic carbocycles. The highest BCUT2D eigenvalue weighted by Gasteiger charge is 2.00. The van der Waals surface area contributed by atoms with Gasteiger partial charge in [0.05, 0.1) is 6.61 Å². The van der Waals surface area contributed by atoms with Gasteiger partial charge in [0.25, 0.3) is 0 Å². The molecule has 3 heteroatoms. The summed E-state index contributed by atoms with van der Waals surface area (Å²) in [5, 5.41) is 9.43. The van der Waals surface area contributed by atoms with Crippen molar-refractivity contribution in [2.24, 2.45) is 5.73 Å². The average molecular weight is 181 g/mol. The van der Waals surface area contributed by atoms with Crippen LogP contribution in [0, 0.1) is 0 Å². The van der Waals surface area contributed by atoms with Crippen molar-refractivity contribution in [2.45, 2.75) is 19.9 Å². The quantitative estimate of drug-likeness (QED) is 0.742. The van der Waals surface area contributed by atoms with Crippen LogP contribution in [0.15, 0.2) is 18.2 Å². The van der Waals surface area contributed by atoms with Crippen molar-refractivity contribution in [2.75, 3.05) is 6.61 Å². The van der Waals surface area contributed by atoms with Crippen LogP contribution in [-0.2, 0) is 6.54 Å². The predicted molar refractivity (Wildman–Crippen MR) is 51.8 cm³/mol. The highest BCUT2D eigenvalue weighted by atomic mass is 16.5. The molecule has 0 saturated heterocycles. The van der Waals surface area contributed by atoms with Gasteiger partial charge in [-0.1, -0.05) is 13.0 Å². The Kier molecular flexibility index (Phi) is 3.58. The van der Waals surface area contributed by atoms with E-state index in [1.54, 1.807) is 12.1 Å². The summed E-state index contributed by atoms with van der Waals surface area (Å²) in [6, 6.07) is 5.19. The maximum atomic E-state index is 9.43. The molecule has 0 atom stereocenters. The van der Waals surface area contributed by atoms with Crippen LogP contribution in [0.25, 0.3) is 0 Å². The first-order valence-corrected chi connectivity index (χ1v) is 4.42. The fraction of sp³-hybridized carbons (Fsp3) is 0.400. The molecule has 0 aromatic heterocycles. The van der Waals surface area contributed by atoms with E-state index in [1.807, 2.05) is 13.0 Å². The predicted octanol–water partition coefficient (Wildman–Crippen LogP) is 1.64. The maximum Gasteiger partial charge on any atom is 0.123 e. The second kappa shape index (κ2) is 4.72. The zero-order valence-electron chi connectivity index (χ0n) is 7.79. The summed E-state index contributed by atoms with van der Waals surface area (Å²) in [6.45, 7) is 3.05. The SMILES string of the molecule is CCCOc1ccc(CN)c(O)c1. The number of hydrogen-bond donors (Lipinski definition) is 2. The third kappa shape index (κ3) is 2.63. The standard InChI is InChI=1S/C10H15NO2/c1-2-5-13-9-4-3-8(7-11)10(12)6-9/h3-4,6,12H,2,5,7,11H2,1H3. The van der Waals surface area contributed by atoms with Crippen LogP contribution in [0.3, 0.4) is 0 Å². The molecule has 3 nitrogen and oxygen atoms in total. The maximum absolute atomic E-state index is 9.43. The van der Waals surface area contributed by atoms with E-state index in [9.17, 15) is 5.11 Å². The van der Waals surface area contributed by atoms with Crippen molar-refractivity contribution in [3.8, 4) is 11.5 Å². The van der Waals surface area contributed by atoms with E-state index < -0.39 is 0 Å². The van der Waals surface area contributed by atoms with Crippen molar-refractivity contribution in [3.63, 3.8) is 0 Å². The Labute approximate surface area is 78.1 Å². The number of hydrogen-bond acceptors (Lipinski definition) is 3. The summed E-state index contributed by atoms with van der Waals surface area (Å²) in [4.78, 5) is 0. The molecule has 1 aromatic rings. The molecule has 1 aromatic carbocycles. The first-order valence-electron chi connectivity index (χ1n) is 4.42. The van der Waals surface area contributed by atoms with Crippen LogP contribution in [0.2, 0.25) is 0 Å². The number of aromatic hydroxyl groups is 1. The minimum Gasteiger partial charge on any atom is -0.507 e. The lowest BCUT2D eigenvalue weighted by Gasteiger charge is -2.06. The van der Waals surface area contributed by atoms with E-state index in [-0.39, 0.29) is 5.75 Å². The summed E-state index contributed by atoms with van der Waals surface area (Å²) in [7, 11) is 0. The lowest BCUT2D eigenvalue weighted by molar-refractivity contribution is 0.315. The van der Waals surface area contributed by atoms with E-state index in [1.165, 1.54) is 0 Å². The molecule has 0 heterocycles. The highest BCUT2D eigenvalue weighted by molar-refractivity contribution is 5.39. The molecule has 0 spiro atoms. The summed E-state index contributed by atoms with van der Waals surface area (Å²) < 4.78 is 5.33. The molecular weight excluding hydrogens is 166 g/mol. The zero-order chi connectivity index (χ0) is 9.68. The van der Waals surface area contributed by atoms with Crippen LogP contribution in [0.4, 0.5) is 0 Å². The second-order valence-corrected chi connectivity index (χ2v) is 2.84. The number of nitrogens with two attached hydrogens (primary N) is 1. The fourth-order valence-corrected chi connectivity index (χ4v) is 1.03. The van der Waals surface area contributed by atoms with Crippen molar-refractivity contribution in [3.05, 3.63) is 23.8 Å². The smallest absolute Gasteiger partial charge is 0.123 e. The van der Waals surface area contributed by atoms with Crippen molar-refractivity contribution < 1.29 is 9.84 Å². The third-order valence-electron chi connectivity index (χ3n) is 1.75. The number of phenolic OH excluding ortho intramolecular Hbond substituents is 1. The molecule has 0 fully saturated rings. The Morgan fingerprint density at radius 2 is 2.23 bits per heavy atom. The molecule has 72 valence electrons. The van der Waals surface area contributed by atoms with E-state index >= 15 is 0 Å². The molecule has 0 bridgehead atoms. The van der Waals surface area contributed by atoms with Gasteiger partial charge in [-0.15, -0.1) is 0 Å². The van der Waals surface area contributed by atoms with Gasteiger partial charge < -0.3 is 15.6 Å². The van der Waals surface area contributed by atoms with Gasteiger partial charge in [0.2, 0.25) is 0 Å². The van der Waals surface area contributed by atoms with Gasteiger partial charge in [0, 0.05) is 18.2 Å². The zero-order valence-corrected chi connectivity index (χ0v) is 7.79. The van der Waals surface area contributed by atoms with Gasteiger partial charge in [0.1, 0.15) is 11.5 Å². The van der Waals surface area contributed by atoms with Gasteiger partial charge in [-0.3, -0.25) is 0 Å². The van der Waals surface area contributed by atoms with Crippen LogP contribution >= 0.6 is 0 Å². The molecule has 0 aliphatic rings. The Bertz CT molecular complexity index is 274. The van der Waals surface area contributed by atoms with E-state index in [4.69, 9.17) is 10.5 Å². The van der Waals surface area contributed by atoms with E-state index in [2.05, 4.69) is 0 Å². The van der Waals surface area contributed by atoms with Crippen LogP contribution in [0.1, 0.15) is 18.9 Å². The van der Waals surface area contributed by atoms with Crippen LogP contribution in [0.5, 0.6) is 11.5 Å².